The maximum absolute atomic E-state index is 14.0. The predicted octanol–water partition coefficient (Wildman–Crippen LogP) is 3.62. The maximum atomic E-state index is 14.0. The first-order valence-corrected chi connectivity index (χ1v) is 6.99. The molecule has 0 aromatic heterocycles. The minimum Gasteiger partial charge on any atom is -0.497 e. The summed E-state index contributed by atoms with van der Waals surface area (Å²) in [4.78, 5) is 0. The number of benzene rings is 2. The van der Waals surface area contributed by atoms with Gasteiger partial charge in [-0.15, -0.1) is 0 Å². The Morgan fingerprint density at radius 3 is 2.71 bits per heavy atom. The van der Waals surface area contributed by atoms with Crippen molar-refractivity contribution in [1.82, 2.24) is 5.32 Å². The van der Waals surface area contributed by atoms with Crippen LogP contribution >= 0.6 is 0 Å². The summed E-state index contributed by atoms with van der Waals surface area (Å²) in [6, 6.07) is 12.6. The molecule has 110 valence electrons. The zero-order valence-electron chi connectivity index (χ0n) is 12.1. The number of rotatable bonds is 3. The number of ether oxygens (including phenoxy) is 2. The molecule has 21 heavy (non-hydrogen) atoms. The van der Waals surface area contributed by atoms with E-state index in [4.69, 9.17) is 9.47 Å². The Bertz CT molecular complexity index is 644. The molecule has 1 aliphatic rings. The predicted molar refractivity (Wildman–Crippen MR) is 79.2 cm³/mol. The number of hydrogen-bond acceptors (Lipinski definition) is 3. The molecule has 4 heteroatoms. The molecule has 3 rings (SSSR count). The maximum Gasteiger partial charge on any atom is 0.130 e. The molecule has 0 radical (unpaired) electrons. The molecule has 2 aromatic carbocycles. The zero-order chi connectivity index (χ0) is 14.8. The lowest BCUT2D eigenvalue weighted by molar-refractivity contribution is 0.149. The van der Waals surface area contributed by atoms with Crippen LogP contribution in [-0.2, 0) is 0 Å². The topological polar surface area (TPSA) is 30.5 Å². The molecule has 0 fully saturated rings. The van der Waals surface area contributed by atoms with Crippen LogP contribution in [0.2, 0.25) is 0 Å². The molecule has 2 aromatic rings. The van der Waals surface area contributed by atoms with E-state index < -0.39 is 0 Å². The Kier molecular flexibility index (Phi) is 3.80. The van der Waals surface area contributed by atoms with Gasteiger partial charge in [0.25, 0.3) is 0 Å². The van der Waals surface area contributed by atoms with Gasteiger partial charge in [0.1, 0.15) is 23.4 Å². The number of halogens is 1. The quantitative estimate of drug-likeness (QED) is 0.935. The van der Waals surface area contributed by atoms with E-state index in [0.29, 0.717) is 12.0 Å². The van der Waals surface area contributed by atoms with Crippen molar-refractivity contribution in [2.24, 2.45) is 0 Å². The largest absolute Gasteiger partial charge is 0.497 e. The molecule has 0 bridgehead atoms. The minimum atomic E-state index is -0.287. The van der Waals surface area contributed by atoms with Crippen molar-refractivity contribution < 1.29 is 13.9 Å². The molecule has 0 aliphatic carbocycles. The van der Waals surface area contributed by atoms with Crippen molar-refractivity contribution >= 4 is 0 Å². The van der Waals surface area contributed by atoms with Gasteiger partial charge in [-0.25, -0.2) is 4.39 Å². The minimum absolute atomic E-state index is 0.105. The van der Waals surface area contributed by atoms with Gasteiger partial charge in [0.05, 0.1) is 7.11 Å². The lowest BCUT2D eigenvalue weighted by Crippen LogP contribution is -2.27. The van der Waals surface area contributed by atoms with E-state index in [1.54, 1.807) is 19.2 Å². The van der Waals surface area contributed by atoms with E-state index in [0.717, 1.165) is 17.1 Å². The molecule has 3 nitrogen and oxygen atoms in total. The summed E-state index contributed by atoms with van der Waals surface area (Å²) in [5.41, 5.74) is 1.64. The summed E-state index contributed by atoms with van der Waals surface area (Å²) in [7, 11) is 3.54. The van der Waals surface area contributed by atoms with Gasteiger partial charge in [-0.3, -0.25) is 0 Å². The average molecular weight is 287 g/mol. The summed E-state index contributed by atoms with van der Waals surface area (Å²) >= 11 is 0. The molecule has 1 heterocycles. The summed E-state index contributed by atoms with van der Waals surface area (Å²) in [5.74, 6) is 1.34. The average Bonchev–Trinajstić information content (AvgIpc) is 2.53. The Balaban J connectivity index is 1.97. The lowest BCUT2D eigenvalue weighted by Gasteiger charge is -2.32. The monoisotopic (exact) mass is 287 g/mol. The normalized spacial score (nSPS) is 20.5. The van der Waals surface area contributed by atoms with Gasteiger partial charge < -0.3 is 14.8 Å². The fourth-order valence-corrected chi connectivity index (χ4v) is 2.78. The third-order valence-corrected chi connectivity index (χ3v) is 3.91. The zero-order valence-corrected chi connectivity index (χ0v) is 12.1. The van der Waals surface area contributed by atoms with E-state index in [1.807, 2.05) is 31.3 Å². The van der Waals surface area contributed by atoms with Gasteiger partial charge in [0.15, 0.2) is 0 Å². The third kappa shape index (κ3) is 2.59. The standard InChI is InChI=1S/C17H18FNO2/c1-19-15-10-17(12-5-3-4-6-14(12)18)21-16-8-7-11(20-2)9-13(15)16/h3-9,15,17,19H,10H2,1-2H3. The molecular formula is C17H18FNO2. The number of methoxy groups -OCH3 is 1. The Hall–Kier alpha value is -2.07. The molecule has 0 saturated heterocycles. The van der Waals surface area contributed by atoms with E-state index in [-0.39, 0.29) is 18.0 Å². The molecule has 0 amide bonds. The van der Waals surface area contributed by atoms with E-state index in [9.17, 15) is 4.39 Å². The molecular weight excluding hydrogens is 269 g/mol. The SMILES string of the molecule is CNC1CC(c2ccccc2F)Oc2ccc(OC)cc21. The van der Waals surface area contributed by atoms with Crippen molar-refractivity contribution in [2.45, 2.75) is 18.6 Å². The van der Waals surface area contributed by atoms with Crippen molar-refractivity contribution in [1.29, 1.82) is 0 Å². The lowest BCUT2D eigenvalue weighted by atomic mass is 9.92. The van der Waals surface area contributed by atoms with Crippen LogP contribution in [0.5, 0.6) is 11.5 Å². The second-order valence-electron chi connectivity index (χ2n) is 5.11. The second kappa shape index (κ2) is 5.74. The first-order valence-electron chi connectivity index (χ1n) is 6.99. The Labute approximate surface area is 123 Å². The van der Waals surface area contributed by atoms with Crippen molar-refractivity contribution in [3.8, 4) is 11.5 Å². The van der Waals surface area contributed by atoms with Crippen molar-refractivity contribution in [3.05, 3.63) is 59.4 Å². The van der Waals surface area contributed by atoms with Crippen LogP contribution in [0.15, 0.2) is 42.5 Å². The summed E-state index contributed by atoms with van der Waals surface area (Å²) in [5, 5.41) is 3.27. The fraction of sp³-hybridized carbons (Fsp3) is 0.294. The molecule has 0 spiro atoms. The van der Waals surface area contributed by atoms with Crippen molar-refractivity contribution in [2.75, 3.05) is 14.2 Å². The van der Waals surface area contributed by atoms with Gasteiger partial charge in [-0.05, 0) is 31.3 Å². The van der Waals surface area contributed by atoms with Crippen LogP contribution in [0.3, 0.4) is 0 Å². The fourth-order valence-electron chi connectivity index (χ4n) is 2.78. The Morgan fingerprint density at radius 2 is 2.00 bits per heavy atom. The van der Waals surface area contributed by atoms with Crippen LogP contribution < -0.4 is 14.8 Å². The van der Waals surface area contributed by atoms with E-state index in [1.165, 1.54) is 6.07 Å². The summed E-state index contributed by atoms with van der Waals surface area (Å²) in [6.45, 7) is 0. The van der Waals surface area contributed by atoms with E-state index in [2.05, 4.69) is 5.32 Å². The van der Waals surface area contributed by atoms with Gasteiger partial charge in [-0.1, -0.05) is 18.2 Å². The smallest absolute Gasteiger partial charge is 0.130 e. The van der Waals surface area contributed by atoms with Crippen LogP contribution in [0.4, 0.5) is 4.39 Å². The van der Waals surface area contributed by atoms with Crippen LogP contribution in [0.25, 0.3) is 0 Å². The molecule has 2 unspecified atom stereocenters. The first-order chi connectivity index (χ1) is 10.2. The van der Waals surface area contributed by atoms with Crippen LogP contribution in [0.1, 0.15) is 29.7 Å². The van der Waals surface area contributed by atoms with Crippen LogP contribution in [0, 0.1) is 5.82 Å². The van der Waals surface area contributed by atoms with E-state index >= 15 is 0 Å². The van der Waals surface area contributed by atoms with Gasteiger partial charge in [0.2, 0.25) is 0 Å². The second-order valence-corrected chi connectivity index (χ2v) is 5.11. The third-order valence-electron chi connectivity index (χ3n) is 3.91. The highest BCUT2D eigenvalue weighted by Gasteiger charge is 2.30. The highest BCUT2D eigenvalue weighted by atomic mass is 19.1. The molecule has 1 N–H and O–H groups in total. The van der Waals surface area contributed by atoms with Crippen molar-refractivity contribution in [3.63, 3.8) is 0 Å². The van der Waals surface area contributed by atoms with Gasteiger partial charge in [0, 0.05) is 23.6 Å². The highest BCUT2D eigenvalue weighted by Crippen LogP contribution is 2.42. The first kappa shape index (κ1) is 13.9. The highest BCUT2D eigenvalue weighted by molar-refractivity contribution is 5.44. The number of hydrogen-bond donors (Lipinski definition) is 1. The molecule has 2 atom stereocenters. The molecule has 0 saturated carbocycles. The number of fused-ring (bicyclic) bond motifs is 1. The van der Waals surface area contributed by atoms with Gasteiger partial charge in [-0.2, -0.15) is 0 Å². The molecule has 1 aliphatic heterocycles. The van der Waals surface area contributed by atoms with Crippen LogP contribution in [-0.4, -0.2) is 14.2 Å². The Morgan fingerprint density at radius 1 is 1.19 bits per heavy atom. The number of nitrogens with one attached hydrogen (secondary N) is 1. The summed E-state index contributed by atoms with van der Waals surface area (Å²) < 4.78 is 25.2. The summed E-state index contributed by atoms with van der Waals surface area (Å²) in [6.07, 6.45) is 0.391. The van der Waals surface area contributed by atoms with Gasteiger partial charge >= 0.3 is 0 Å².